The number of halogens is 1. The quantitative estimate of drug-likeness (QED) is 0.533. The van der Waals surface area contributed by atoms with Crippen molar-refractivity contribution in [3.05, 3.63) is 59.9 Å². The predicted octanol–water partition coefficient (Wildman–Crippen LogP) is 2.24. The minimum absolute atomic E-state index is 0.0979. The third kappa shape index (κ3) is 6.48. The number of hydrogen-bond acceptors (Lipinski definition) is 6. The molecule has 0 aliphatic carbocycles. The molecule has 0 aromatic heterocycles. The number of carbonyl (C=O) groups is 2. The van der Waals surface area contributed by atoms with E-state index in [1.807, 2.05) is 6.07 Å². The molecule has 28 heavy (non-hydrogen) atoms. The molecule has 0 fully saturated rings. The lowest BCUT2D eigenvalue weighted by Crippen LogP contribution is -2.22. The molecule has 0 unspecified atom stereocenters. The van der Waals surface area contributed by atoms with Crippen molar-refractivity contribution >= 4 is 27.4 Å². The Morgan fingerprint density at radius 3 is 2.32 bits per heavy atom. The number of hydrogen-bond donors (Lipinski definition) is 1. The smallest absolute Gasteiger partial charge is 0.307 e. The van der Waals surface area contributed by atoms with E-state index in [1.54, 1.807) is 24.3 Å². The maximum absolute atomic E-state index is 12.9. The van der Waals surface area contributed by atoms with E-state index in [1.165, 1.54) is 0 Å². The van der Waals surface area contributed by atoms with Crippen LogP contribution in [0.1, 0.15) is 12.0 Å². The van der Waals surface area contributed by atoms with Crippen LogP contribution < -0.4 is 5.32 Å². The Balaban J connectivity index is 1.77. The molecule has 0 bridgehead atoms. The van der Waals surface area contributed by atoms with Crippen LogP contribution in [-0.2, 0) is 30.6 Å². The Morgan fingerprint density at radius 2 is 1.71 bits per heavy atom. The Kier molecular flexibility index (Phi) is 7.23. The van der Waals surface area contributed by atoms with Gasteiger partial charge < -0.3 is 10.1 Å². The molecule has 0 aliphatic rings. The average molecular weight is 404 g/mol. The zero-order valence-electron chi connectivity index (χ0n) is 14.7. The van der Waals surface area contributed by atoms with Crippen molar-refractivity contribution in [2.24, 2.45) is 0 Å². The second-order valence-corrected chi connectivity index (χ2v) is 7.87. The highest BCUT2D eigenvalue weighted by atomic mass is 32.2. The van der Waals surface area contributed by atoms with Gasteiger partial charge in [0.1, 0.15) is 5.82 Å². The molecule has 0 aliphatic heterocycles. The molecule has 2 rings (SSSR count). The van der Waals surface area contributed by atoms with E-state index in [2.05, 4.69) is 5.32 Å². The Hall–Kier alpha value is -3.25. The van der Waals surface area contributed by atoms with Crippen molar-refractivity contribution in [3.63, 3.8) is 0 Å². The highest BCUT2D eigenvalue weighted by Crippen LogP contribution is 2.13. The summed E-state index contributed by atoms with van der Waals surface area (Å²) in [5, 5.41) is 11.1. The number of ether oxygens (including phenoxy) is 1. The number of amides is 1. The van der Waals surface area contributed by atoms with E-state index in [4.69, 9.17) is 10.00 Å². The third-order valence-corrected chi connectivity index (χ3v) is 5.36. The van der Waals surface area contributed by atoms with E-state index in [9.17, 15) is 22.4 Å². The minimum atomic E-state index is -3.76. The van der Waals surface area contributed by atoms with E-state index in [-0.39, 0.29) is 11.3 Å². The molecule has 146 valence electrons. The van der Waals surface area contributed by atoms with Crippen molar-refractivity contribution in [2.75, 3.05) is 17.7 Å². The molecular weight excluding hydrogens is 387 g/mol. The maximum atomic E-state index is 12.9. The van der Waals surface area contributed by atoms with Crippen molar-refractivity contribution in [1.82, 2.24) is 0 Å². The van der Waals surface area contributed by atoms with Gasteiger partial charge in [-0.2, -0.15) is 5.26 Å². The third-order valence-electron chi connectivity index (χ3n) is 3.63. The molecule has 7 nitrogen and oxygen atoms in total. The highest BCUT2D eigenvalue weighted by molar-refractivity contribution is 7.91. The fourth-order valence-corrected chi connectivity index (χ4v) is 3.41. The standard InChI is InChI=1S/C19H17FN2O5S/c20-15-3-7-17(8-4-15)28(25,26)12-10-19(24)27-13-18(23)22-16-5-1-14(2-6-16)9-11-21/h1-8H,9-10,12-13H2,(H,22,23). The van der Waals surface area contributed by atoms with E-state index in [0.717, 1.165) is 29.8 Å². The van der Waals surface area contributed by atoms with Crippen molar-refractivity contribution < 1.29 is 27.1 Å². The van der Waals surface area contributed by atoms with Gasteiger partial charge in [0.25, 0.3) is 5.91 Å². The first-order valence-electron chi connectivity index (χ1n) is 8.20. The molecule has 0 heterocycles. The molecule has 9 heteroatoms. The van der Waals surface area contributed by atoms with Crippen molar-refractivity contribution in [1.29, 1.82) is 5.26 Å². The average Bonchev–Trinajstić information content (AvgIpc) is 2.67. The topological polar surface area (TPSA) is 113 Å². The number of rotatable bonds is 8. The van der Waals surface area contributed by atoms with Crippen LogP contribution in [0.15, 0.2) is 53.4 Å². The molecule has 2 aromatic carbocycles. The van der Waals surface area contributed by atoms with Gasteiger partial charge in [-0.25, -0.2) is 12.8 Å². The lowest BCUT2D eigenvalue weighted by Gasteiger charge is -2.08. The van der Waals surface area contributed by atoms with Gasteiger partial charge in [0.05, 0.1) is 29.6 Å². The van der Waals surface area contributed by atoms with Gasteiger partial charge in [0.2, 0.25) is 0 Å². The molecule has 1 amide bonds. The summed E-state index contributed by atoms with van der Waals surface area (Å²) in [6.45, 7) is -0.560. The summed E-state index contributed by atoms with van der Waals surface area (Å²) < 4.78 is 41.8. The van der Waals surface area contributed by atoms with E-state index >= 15 is 0 Å². The van der Waals surface area contributed by atoms with Gasteiger partial charge in [-0.3, -0.25) is 9.59 Å². The summed E-state index contributed by atoms with van der Waals surface area (Å²) in [6.07, 6.45) is -0.178. The fourth-order valence-electron chi connectivity index (χ4n) is 2.19. The van der Waals surface area contributed by atoms with Crippen molar-refractivity contribution in [3.8, 4) is 6.07 Å². The second-order valence-electron chi connectivity index (χ2n) is 5.76. The predicted molar refractivity (Wildman–Crippen MR) is 98.4 cm³/mol. The first-order valence-corrected chi connectivity index (χ1v) is 9.85. The van der Waals surface area contributed by atoms with E-state index in [0.29, 0.717) is 5.69 Å². The van der Waals surface area contributed by atoms with Crippen LogP contribution in [0.25, 0.3) is 0 Å². The van der Waals surface area contributed by atoms with Crippen LogP contribution in [0.3, 0.4) is 0 Å². The van der Waals surface area contributed by atoms with Crippen LogP contribution in [0.5, 0.6) is 0 Å². The lowest BCUT2D eigenvalue weighted by atomic mass is 10.1. The van der Waals surface area contributed by atoms with Gasteiger partial charge in [0.15, 0.2) is 16.4 Å². The number of sulfone groups is 1. The summed E-state index contributed by atoms with van der Waals surface area (Å²) in [5.41, 5.74) is 1.27. The monoisotopic (exact) mass is 404 g/mol. The summed E-state index contributed by atoms with van der Waals surface area (Å²) >= 11 is 0. The number of nitrogens with zero attached hydrogens (tertiary/aromatic N) is 1. The van der Waals surface area contributed by atoms with Gasteiger partial charge >= 0.3 is 5.97 Å². The van der Waals surface area contributed by atoms with Crippen molar-refractivity contribution in [2.45, 2.75) is 17.7 Å². The Bertz CT molecular complexity index is 980. The first-order chi connectivity index (χ1) is 13.3. The van der Waals surface area contributed by atoms with E-state index < -0.39 is 46.3 Å². The molecule has 0 radical (unpaired) electrons. The van der Waals surface area contributed by atoms with Crippen LogP contribution in [0.4, 0.5) is 10.1 Å². The van der Waals surface area contributed by atoms with Gasteiger partial charge in [-0.15, -0.1) is 0 Å². The number of benzene rings is 2. The first kappa shape index (κ1) is 21.1. The fraction of sp³-hybridized carbons (Fsp3) is 0.211. The summed E-state index contributed by atoms with van der Waals surface area (Å²) in [6, 6.07) is 12.9. The van der Waals surface area contributed by atoms with Crippen LogP contribution in [0, 0.1) is 17.1 Å². The highest BCUT2D eigenvalue weighted by Gasteiger charge is 2.18. The second kappa shape index (κ2) is 9.62. The zero-order valence-corrected chi connectivity index (χ0v) is 15.5. The normalized spacial score (nSPS) is 10.7. The summed E-state index contributed by atoms with van der Waals surface area (Å²) in [5.74, 6) is -2.50. The molecule has 0 saturated carbocycles. The maximum Gasteiger partial charge on any atom is 0.307 e. The van der Waals surface area contributed by atoms with Gasteiger partial charge in [0, 0.05) is 5.69 Å². The SMILES string of the molecule is N#CCc1ccc(NC(=O)COC(=O)CCS(=O)(=O)c2ccc(F)cc2)cc1. The summed E-state index contributed by atoms with van der Waals surface area (Å²) in [7, 11) is -3.76. The number of nitrogens with one attached hydrogen (secondary N) is 1. The number of anilines is 1. The van der Waals surface area contributed by atoms with Crippen LogP contribution >= 0.6 is 0 Å². The zero-order chi connectivity index (χ0) is 20.6. The summed E-state index contributed by atoms with van der Waals surface area (Å²) in [4.78, 5) is 23.4. The molecule has 0 spiro atoms. The Morgan fingerprint density at radius 1 is 1.07 bits per heavy atom. The molecular formula is C19H17FN2O5S. The number of esters is 1. The number of nitriles is 1. The number of carbonyl (C=O) groups excluding carboxylic acids is 2. The molecule has 0 saturated heterocycles. The molecule has 2 aromatic rings. The van der Waals surface area contributed by atoms with Crippen LogP contribution in [-0.4, -0.2) is 32.7 Å². The molecule has 1 N–H and O–H groups in total. The lowest BCUT2D eigenvalue weighted by molar-refractivity contribution is -0.146. The largest absolute Gasteiger partial charge is 0.456 e. The molecule has 0 atom stereocenters. The van der Waals surface area contributed by atoms with Gasteiger partial charge in [-0.1, -0.05) is 12.1 Å². The van der Waals surface area contributed by atoms with Crippen LogP contribution in [0.2, 0.25) is 0 Å². The minimum Gasteiger partial charge on any atom is -0.456 e. The Labute approximate surface area is 161 Å². The van der Waals surface area contributed by atoms with Gasteiger partial charge in [-0.05, 0) is 42.0 Å².